The van der Waals surface area contributed by atoms with Crippen molar-refractivity contribution in [3.63, 3.8) is 0 Å². The molecule has 0 saturated heterocycles. The number of hydrogen-bond donors (Lipinski definition) is 0. The van der Waals surface area contributed by atoms with Crippen molar-refractivity contribution in [3.8, 4) is 0 Å². The Morgan fingerprint density at radius 3 is 2.52 bits per heavy atom. The smallest absolute Gasteiger partial charge is 0.253 e. The second kappa shape index (κ2) is 7.97. The maximum absolute atomic E-state index is 4.92. The van der Waals surface area contributed by atoms with Crippen LogP contribution in [0, 0.1) is 27.7 Å². The molecule has 4 heterocycles. The van der Waals surface area contributed by atoms with Gasteiger partial charge in [-0.15, -0.1) is 16.4 Å². The van der Waals surface area contributed by atoms with Gasteiger partial charge in [-0.25, -0.2) is 19.5 Å². The lowest BCUT2D eigenvalue weighted by Crippen LogP contribution is -2.23. The summed E-state index contributed by atoms with van der Waals surface area (Å²) >= 11 is 3.22. The van der Waals surface area contributed by atoms with Crippen molar-refractivity contribution in [1.82, 2.24) is 34.4 Å². The van der Waals surface area contributed by atoms with Gasteiger partial charge in [0.05, 0.1) is 6.54 Å². The van der Waals surface area contributed by atoms with Gasteiger partial charge in [0.15, 0.2) is 0 Å². The molecule has 4 aromatic heterocycles. The zero-order valence-corrected chi connectivity index (χ0v) is 19.3. The molecule has 0 aliphatic heterocycles. The van der Waals surface area contributed by atoms with Crippen molar-refractivity contribution >= 4 is 39.1 Å². The number of thiophene rings is 1. The summed E-state index contributed by atoms with van der Waals surface area (Å²) in [5, 5.41) is 7.34. The van der Waals surface area contributed by atoms with E-state index in [1.807, 2.05) is 19.9 Å². The summed E-state index contributed by atoms with van der Waals surface area (Å²) in [5.41, 5.74) is 3.19. The van der Waals surface area contributed by atoms with Crippen molar-refractivity contribution in [1.29, 1.82) is 0 Å². The van der Waals surface area contributed by atoms with E-state index in [4.69, 9.17) is 9.97 Å². The first kappa shape index (κ1) is 20.2. The summed E-state index contributed by atoms with van der Waals surface area (Å²) in [5.74, 6) is 1.47. The second-order valence-electron chi connectivity index (χ2n) is 7.12. The van der Waals surface area contributed by atoms with Crippen LogP contribution in [-0.4, -0.2) is 47.5 Å². The van der Waals surface area contributed by atoms with Crippen molar-refractivity contribution in [2.24, 2.45) is 0 Å². The van der Waals surface area contributed by atoms with Crippen LogP contribution in [0.5, 0.6) is 0 Å². The van der Waals surface area contributed by atoms with Gasteiger partial charge in [-0.2, -0.15) is 4.98 Å². The fourth-order valence-corrected chi connectivity index (χ4v) is 5.36. The fraction of sp³-hybridized carbons (Fsp3) is 0.450. The molecular weight excluding hydrogens is 402 g/mol. The summed E-state index contributed by atoms with van der Waals surface area (Å²) in [6, 6.07) is 2.01. The third kappa shape index (κ3) is 3.86. The van der Waals surface area contributed by atoms with Crippen molar-refractivity contribution in [3.05, 3.63) is 33.7 Å². The van der Waals surface area contributed by atoms with Crippen LogP contribution in [0.25, 0.3) is 16.0 Å². The molecule has 4 rings (SSSR count). The SMILES string of the molecule is CCN(CC)Cc1nc(Sc2nc3nc(C)cc(C)n3n2)c2c(C)c(C)sc2n1. The van der Waals surface area contributed by atoms with Crippen LogP contribution in [0.15, 0.2) is 16.2 Å². The topological polar surface area (TPSA) is 72.1 Å². The quantitative estimate of drug-likeness (QED) is 0.423. The van der Waals surface area contributed by atoms with Gasteiger partial charge in [-0.3, -0.25) is 4.90 Å². The number of rotatable bonds is 6. The first-order chi connectivity index (χ1) is 13.9. The maximum atomic E-state index is 4.92. The Kier molecular flexibility index (Phi) is 5.54. The van der Waals surface area contributed by atoms with Crippen LogP contribution in [0.4, 0.5) is 0 Å². The highest BCUT2D eigenvalue weighted by Gasteiger charge is 2.19. The Morgan fingerprint density at radius 1 is 1.03 bits per heavy atom. The predicted octanol–water partition coefficient (Wildman–Crippen LogP) is 4.36. The zero-order chi connectivity index (χ0) is 20.7. The fourth-order valence-electron chi connectivity index (χ4n) is 3.32. The van der Waals surface area contributed by atoms with E-state index in [2.05, 4.69) is 47.7 Å². The van der Waals surface area contributed by atoms with E-state index in [-0.39, 0.29) is 0 Å². The third-order valence-corrected chi connectivity index (χ3v) is 7.03. The van der Waals surface area contributed by atoms with Gasteiger partial charge in [-0.05, 0) is 64.2 Å². The standard InChI is InChI=1S/C20H25N7S2/c1-7-26(8-2)10-15-22-17-16(13(5)14(6)28-17)18(23-15)29-20-24-19-21-11(3)9-12(4)27(19)25-20/h9H,7-8,10H2,1-6H3. The Bertz CT molecular complexity index is 1190. The maximum Gasteiger partial charge on any atom is 0.253 e. The highest BCUT2D eigenvalue weighted by molar-refractivity contribution is 7.99. The molecule has 0 unspecified atom stereocenters. The summed E-state index contributed by atoms with van der Waals surface area (Å²) < 4.78 is 1.79. The van der Waals surface area contributed by atoms with Gasteiger partial charge in [0, 0.05) is 21.7 Å². The first-order valence-electron chi connectivity index (χ1n) is 9.77. The number of aryl methyl sites for hydroxylation is 4. The van der Waals surface area contributed by atoms with E-state index in [9.17, 15) is 0 Å². The minimum atomic E-state index is 0.622. The molecule has 4 aromatic rings. The lowest BCUT2D eigenvalue weighted by molar-refractivity contribution is 0.288. The van der Waals surface area contributed by atoms with Crippen LogP contribution in [0.1, 0.15) is 41.5 Å². The summed E-state index contributed by atoms with van der Waals surface area (Å²) in [6.07, 6.45) is 0. The highest BCUT2D eigenvalue weighted by atomic mass is 32.2. The van der Waals surface area contributed by atoms with E-state index < -0.39 is 0 Å². The molecule has 0 aliphatic rings. The average Bonchev–Trinajstić information content (AvgIpc) is 3.20. The Labute approximate surface area is 178 Å². The molecule has 0 aliphatic carbocycles. The van der Waals surface area contributed by atoms with Crippen LogP contribution in [0.3, 0.4) is 0 Å². The van der Waals surface area contributed by atoms with Crippen molar-refractivity contribution in [2.45, 2.75) is 58.3 Å². The van der Waals surface area contributed by atoms with Gasteiger partial charge >= 0.3 is 0 Å². The number of nitrogens with zero attached hydrogens (tertiary/aromatic N) is 7. The number of hydrogen-bond acceptors (Lipinski definition) is 8. The summed E-state index contributed by atoms with van der Waals surface area (Å²) in [4.78, 5) is 23.5. The van der Waals surface area contributed by atoms with Gasteiger partial charge in [0.25, 0.3) is 5.78 Å². The van der Waals surface area contributed by atoms with E-state index >= 15 is 0 Å². The number of aromatic nitrogens is 6. The molecule has 0 fully saturated rings. The Balaban J connectivity index is 1.80. The average molecular weight is 428 g/mol. The minimum absolute atomic E-state index is 0.622. The molecule has 9 heteroatoms. The molecule has 0 atom stereocenters. The molecule has 0 bridgehead atoms. The molecule has 0 radical (unpaired) electrons. The molecule has 152 valence electrons. The largest absolute Gasteiger partial charge is 0.296 e. The summed E-state index contributed by atoms with van der Waals surface area (Å²) in [6.45, 7) is 15.3. The highest BCUT2D eigenvalue weighted by Crippen LogP contribution is 2.37. The van der Waals surface area contributed by atoms with E-state index in [0.717, 1.165) is 52.1 Å². The normalized spacial score (nSPS) is 12.0. The van der Waals surface area contributed by atoms with Crippen LogP contribution < -0.4 is 0 Å². The van der Waals surface area contributed by atoms with E-state index in [1.54, 1.807) is 15.9 Å². The lowest BCUT2D eigenvalue weighted by Gasteiger charge is -2.17. The zero-order valence-electron chi connectivity index (χ0n) is 17.6. The van der Waals surface area contributed by atoms with Crippen LogP contribution in [-0.2, 0) is 6.54 Å². The lowest BCUT2D eigenvalue weighted by atomic mass is 10.2. The Hall–Kier alpha value is -2.10. The third-order valence-electron chi connectivity index (χ3n) is 5.09. The van der Waals surface area contributed by atoms with Gasteiger partial charge in [0.1, 0.15) is 15.7 Å². The first-order valence-corrected chi connectivity index (χ1v) is 11.4. The van der Waals surface area contributed by atoms with Gasteiger partial charge < -0.3 is 0 Å². The monoisotopic (exact) mass is 427 g/mol. The second-order valence-corrected chi connectivity index (χ2v) is 9.28. The van der Waals surface area contributed by atoms with Crippen molar-refractivity contribution < 1.29 is 0 Å². The molecule has 7 nitrogen and oxygen atoms in total. The molecule has 0 amide bonds. The molecule has 0 N–H and O–H groups in total. The molecule has 0 saturated carbocycles. The van der Waals surface area contributed by atoms with Gasteiger partial charge in [-0.1, -0.05) is 13.8 Å². The van der Waals surface area contributed by atoms with Crippen LogP contribution >= 0.6 is 23.1 Å². The minimum Gasteiger partial charge on any atom is -0.296 e. The van der Waals surface area contributed by atoms with Crippen molar-refractivity contribution in [2.75, 3.05) is 13.1 Å². The van der Waals surface area contributed by atoms with Crippen LogP contribution in [0.2, 0.25) is 0 Å². The van der Waals surface area contributed by atoms with E-state index in [1.165, 1.54) is 22.2 Å². The van der Waals surface area contributed by atoms with Gasteiger partial charge in [0.2, 0.25) is 5.16 Å². The molecular formula is C20H25N7S2. The molecule has 0 aromatic carbocycles. The Morgan fingerprint density at radius 2 is 1.79 bits per heavy atom. The predicted molar refractivity (Wildman–Crippen MR) is 118 cm³/mol. The summed E-state index contributed by atoms with van der Waals surface area (Å²) in [7, 11) is 0. The molecule has 29 heavy (non-hydrogen) atoms. The molecule has 0 spiro atoms. The van der Waals surface area contributed by atoms with E-state index in [0.29, 0.717) is 10.9 Å². The number of fused-ring (bicyclic) bond motifs is 2.